The maximum atomic E-state index is 12.0. The number of fused-ring (bicyclic) bond motifs is 1. The van der Waals surface area contributed by atoms with Crippen LogP contribution in [0, 0.1) is 0 Å². The Bertz CT molecular complexity index is 547. The molecule has 7 heteroatoms. The number of carbonyl (C=O) groups excluding carboxylic acids is 1. The van der Waals surface area contributed by atoms with Crippen molar-refractivity contribution in [1.29, 1.82) is 0 Å². The van der Waals surface area contributed by atoms with Crippen LogP contribution in [0.4, 0.5) is 13.2 Å². The van der Waals surface area contributed by atoms with E-state index >= 15 is 0 Å². The van der Waals surface area contributed by atoms with Gasteiger partial charge in [0, 0.05) is 5.39 Å². The third-order valence-corrected chi connectivity index (χ3v) is 2.17. The topological polar surface area (TPSA) is 57.8 Å². The Hall–Kier alpha value is -2.05. The molecule has 0 aliphatic carbocycles. The van der Waals surface area contributed by atoms with Crippen LogP contribution < -0.4 is 5.32 Å². The summed E-state index contributed by atoms with van der Waals surface area (Å²) in [6.07, 6.45) is -2.92. The molecule has 0 saturated heterocycles. The fourth-order valence-electron chi connectivity index (χ4n) is 1.43. The monoisotopic (exact) mass is 243 g/mol. The zero-order valence-corrected chi connectivity index (χ0v) is 8.51. The van der Waals surface area contributed by atoms with E-state index in [1.807, 2.05) is 5.32 Å². The fraction of sp³-hybridized carbons (Fsp3) is 0.200. The van der Waals surface area contributed by atoms with Crippen molar-refractivity contribution in [3.8, 4) is 0 Å². The van der Waals surface area contributed by atoms with E-state index in [9.17, 15) is 18.0 Å². The number of carbonyl (C=O) groups is 1. The standard InChI is InChI=1S/C10H8F3N3O/c11-10(12,13)5-14-9(17)7-3-1-2-6-4-15-16-8(6)7/h1-4H,5H2,(H,14,17)(H,15,16). The lowest BCUT2D eigenvalue weighted by atomic mass is 10.1. The Morgan fingerprint density at radius 1 is 1.41 bits per heavy atom. The number of para-hydroxylation sites is 1. The van der Waals surface area contributed by atoms with E-state index in [2.05, 4.69) is 10.2 Å². The third-order valence-electron chi connectivity index (χ3n) is 2.17. The van der Waals surface area contributed by atoms with Gasteiger partial charge in [0.2, 0.25) is 0 Å². The zero-order chi connectivity index (χ0) is 12.5. The van der Waals surface area contributed by atoms with Crippen LogP contribution in [0.25, 0.3) is 10.9 Å². The van der Waals surface area contributed by atoms with Crippen molar-refractivity contribution in [2.24, 2.45) is 0 Å². The van der Waals surface area contributed by atoms with E-state index in [1.165, 1.54) is 12.3 Å². The second kappa shape index (κ2) is 4.08. The molecule has 4 nitrogen and oxygen atoms in total. The molecule has 0 radical (unpaired) electrons. The minimum Gasteiger partial charge on any atom is -0.343 e. The molecule has 1 amide bonds. The Morgan fingerprint density at radius 3 is 2.88 bits per heavy atom. The Kier molecular flexibility index (Phi) is 2.74. The van der Waals surface area contributed by atoms with Crippen LogP contribution in [0.5, 0.6) is 0 Å². The maximum absolute atomic E-state index is 12.0. The molecule has 1 aromatic carbocycles. The van der Waals surface area contributed by atoms with Crippen molar-refractivity contribution in [1.82, 2.24) is 15.5 Å². The number of aromatic nitrogens is 2. The molecule has 0 bridgehead atoms. The molecule has 0 unspecified atom stereocenters. The van der Waals surface area contributed by atoms with Gasteiger partial charge in [0.25, 0.3) is 5.91 Å². The van der Waals surface area contributed by atoms with Crippen LogP contribution in [-0.4, -0.2) is 28.8 Å². The number of amides is 1. The highest BCUT2D eigenvalue weighted by molar-refractivity contribution is 6.05. The summed E-state index contributed by atoms with van der Waals surface area (Å²) in [7, 11) is 0. The minimum atomic E-state index is -4.42. The number of benzene rings is 1. The van der Waals surface area contributed by atoms with E-state index in [4.69, 9.17) is 0 Å². The summed E-state index contributed by atoms with van der Waals surface area (Å²) in [5.74, 6) is -0.780. The van der Waals surface area contributed by atoms with Crippen molar-refractivity contribution in [3.05, 3.63) is 30.0 Å². The summed E-state index contributed by atoms with van der Waals surface area (Å²) < 4.78 is 35.9. The summed E-state index contributed by atoms with van der Waals surface area (Å²) in [5.41, 5.74) is 0.566. The first-order valence-corrected chi connectivity index (χ1v) is 4.74. The Balaban J connectivity index is 2.22. The number of halogens is 3. The van der Waals surface area contributed by atoms with Crippen molar-refractivity contribution in [2.75, 3.05) is 6.54 Å². The lowest BCUT2D eigenvalue weighted by Gasteiger charge is -2.08. The normalized spacial score (nSPS) is 11.7. The highest BCUT2D eigenvalue weighted by atomic mass is 19.4. The Labute approximate surface area is 93.8 Å². The highest BCUT2D eigenvalue weighted by Gasteiger charge is 2.28. The molecule has 0 spiro atoms. The van der Waals surface area contributed by atoms with E-state index in [0.717, 1.165) is 0 Å². The van der Waals surface area contributed by atoms with Crippen molar-refractivity contribution < 1.29 is 18.0 Å². The number of rotatable bonds is 2. The van der Waals surface area contributed by atoms with E-state index in [-0.39, 0.29) is 5.56 Å². The van der Waals surface area contributed by atoms with Gasteiger partial charge in [-0.05, 0) is 6.07 Å². The first kappa shape index (κ1) is 11.4. The second-order valence-electron chi connectivity index (χ2n) is 3.44. The smallest absolute Gasteiger partial charge is 0.343 e. The molecule has 90 valence electrons. The average molecular weight is 243 g/mol. The summed E-state index contributed by atoms with van der Waals surface area (Å²) >= 11 is 0. The number of hydrogen-bond donors (Lipinski definition) is 2. The van der Waals surface area contributed by atoms with Crippen molar-refractivity contribution in [2.45, 2.75) is 6.18 Å². The largest absolute Gasteiger partial charge is 0.405 e. The molecule has 0 saturated carbocycles. The lowest BCUT2D eigenvalue weighted by molar-refractivity contribution is -0.123. The SMILES string of the molecule is O=C(NCC(F)(F)F)c1cccc2cn[nH]c12. The number of aromatic amines is 1. The molecule has 2 aromatic rings. The number of H-pyrrole nitrogens is 1. The van der Waals surface area contributed by atoms with Crippen molar-refractivity contribution >= 4 is 16.8 Å². The second-order valence-corrected chi connectivity index (χ2v) is 3.44. The average Bonchev–Trinajstić information content (AvgIpc) is 2.72. The molecule has 2 N–H and O–H groups in total. The first-order chi connectivity index (χ1) is 7.97. The summed E-state index contributed by atoms with van der Waals surface area (Å²) in [6, 6.07) is 4.73. The van der Waals surface area contributed by atoms with Crippen LogP contribution in [0.15, 0.2) is 24.4 Å². The third kappa shape index (κ3) is 2.55. The first-order valence-electron chi connectivity index (χ1n) is 4.74. The quantitative estimate of drug-likeness (QED) is 0.845. The number of alkyl halides is 3. The van der Waals surface area contributed by atoms with Gasteiger partial charge >= 0.3 is 6.18 Å². The van der Waals surface area contributed by atoms with Gasteiger partial charge in [-0.3, -0.25) is 9.89 Å². The van der Waals surface area contributed by atoms with Crippen LogP contribution in [0.3, 0.4) is 0 Å². The molecule has 1 heterocycles. The van der Waals surface area contributed by atoms with E-state index in [1.54, 1.807) is 12.1 Å². The number of nitrogens with one attached hydrogen (secondary N) is 2. The predicted octanol–water partition coefficient (Wildman–Crippen LogP) is 1.85. The van der Waals surface area contributed by atoms with Crippen LogP contribution in [0.1, 0.15) is 10.4 Å². The molecule has 0 fully saturated rings. The highest BCUT2D eigenvalue weighted by Crippen LogP contribution is 2.16. The Morgan fingerprint density at radius 2 is 2.18 bits per heavy atom. The van der Waals surface area contributed by atoms with Crippen LogP contribution >= 0.6 is 0 Å². The molecule has 2 rings (SSSR count). The molecule has 17 heavy (non-hydrogen) atoms. The molecule has 0 atom stereocenters. The van der Waals surface area contributed by atoms with Gasteiger partial charge in [-0.1, -0.05) is 12.1 Å². The molecule has 0 aliphatic heterocycles. The van der Waals surface area contributed by atoms with E-state index < -0.39 is 18.6 Å². The van der Waals surface area contributed by atoms with Gasteiger partial charge in [0.05, 0.1) is 17.3 Å². The van der Waals surface area contributed by atoms with Gasteiger partial charge in [0.1, 0.15) is 6.54 Å². The van der Waals surface area contributed by atoms with Crippen LogP contribution in [0.2, 0.25) is 0 Å². The number of nitrogens with zero attached hydrogens (tertiary/aromatic N) is 1. The lowest BCUT2D eigenvalue weighted by Crippen LogP contribution is -2.33. The van der Waals surface area contributed by atoms with Gasteiger partial charge in [-0.2, -0.15) is 18.3 Å². The summed E-state index contributed by atoms with van der Waals surface area (Å²) in [4.78, 5) is 11.5. The number of hydrogen-bond acceptors (Lipinski definition) is 2. The fourth-order valence-corrected chi connectivity index (χ4v) is 1.43. The molecular weight excluding hydrogens is 235 g/mol. The predicted molar refractivity (Wildman–Crippen MR) is 54.5 cm³/mol. The van der Waals surface area contributed by atoms with Crippen molar-refractivity contribution in [3.63, 3.8) is 0 Å². The van der Waals surface area contributed by atoms with Gasteiger partial charge in [-0.25, -0.2) is 0 Å². The van der Waals surface area contributed by atoms with Gasteiger partial charge < -0.3 is 5.32 Å². The van der Waals surface area contributed by atoms with E-state index in [0.29, 0.717) is 10.9 Å². The van der Waals surface area contributed by atoms with Crippen LogP contribution in [-0.2, 0) is 0 Å². The molecule has 0 aliphatic rings. The molecule has 1 aromatic heterocycles. The minimum absolute atomic E-state index is 0.143. The summed E-state index contributed by atoms with van der Waals surface area (Å²) in [5, 5.41) is 8.78. The summed E-state index contributed by atoms with van der Waals surface area (Å²) in [6.45, 7) is -1.35. The molecular formula is C10H8F3N3O. The van der Waals surface area contributed by atoms with Gasteiger partial charge in [-0.15, -0.1) is 0 Å². The zero-order valence-electron chi connectivity index (χ0n) is 8.51. The maximum Gasteiger partial charge on any atom is 0.405 e. The van der Waals surface area contributed by atoms with Gasteiger partial charge in [0.15, 0.2) is 0 Å².